The maximum Gasteiger partial charge on any atom is 0.573 e. The molecule has 2 N–H and O–H groups in total. The van der Waals surface area contributed by atoms with Crippen molar-refractivity contribution in [3.05, 3.63) is 64.7 Å². The van der Waals surface area contributed by atoms with Crippen molar-refractivity contribution in [3.63, 3.8) is 0 Å². The van der Waals surface area contributed by atoms with Crippen LogP contribution in [0.4, 0.5) is 13.2 Å². The highest BCUT2D eigenvalue weighted by Gasteiger charge is 2.32. The fraction of sp³-hybridized carbons (Fsp3) is 0.200. The second-order valence-corrected chi connectivity index (χ2v) is 4.89. The standard InChI is InChI=1S/C15H13ClF3NO/c16-12-7-3-1-5-10(12)9-13(20)11-6-2-4-8-14(11)21-15(17,18)19/h1-8,13H,9,20H2. The third-order valence-corrected chi connectivity index (χ3v) is 3.31. The van der Waals surface area contributed by atoms with Crippen molar-refractivity contribution in [2.45, 2.75) is 18.8 Å². The van der Waals surface area contributed by atoms with Crippen LogP contribution in [0.3, 0.4) is 0 Å². The highest BCUT2D eigenvalue weighted by atomic mass is 35.5. The van der Waals surface area contributed by atoms with Gasteiger partial charge in [-0.25, -0.2) is 0 Å². The summed E-state index contributed by atoms with van der Waals surface area (Å²) in [5, 5.41) is 0.530. The number of hydrogen-bond donors (Lipinski definition) is 1. The molecule has 0 aliphatic heterocycles. The summed E-state index contributed by atoms with van der Waals surface area (Å²) in [5.74, 6) is -0.287. The zero-order valence-electron chi connectivity index (χ0n) is 10.9. The van der Waals surface area contributed by atoms with Crippen LogP contribution < -0.4 is 10.5 Å². The molecule has 0 heterocycles. The van der Waals surface area contributed by atoms with E-state index in [4.69, 9.17) is 17.3 Å². The molecule has 2 nitrogen and oxygen atoms in total. The Morgan fingerprint density at radius 2 is 1.67 bits per heavy atom. The maximum absolute atomic E-state index is 12.4. The number of hydrogen-bond acceptors (Lipinski definition) is 2. The Morgan fingerprint density at radius 1 is 1.05 bits per heavy atom. The molecule has 0 fully saturated rings. The molecule has 1 atom stereocenters. The minimum Gasteiger partial charge on any atom is -0.405 e. The van der Waals surface area contributed by atoms with E-state index < -0.39 is 12.4 Å². The van der Waals surface area contributed by atoms with Crippen LogP contribution in [0.1, 0.15) is 17.2 Å². The van der Waals surface area contributed by atoms with Crippen LogP contribution in [-0.4, -0.2) is 6.36 Å². The number of rotatable bonds is 4. The van der Waals surface area contributed by atoms with E-state index in [0.29, 0.717) is 11.4 Å². The van der Waals surface area contributed by atoms with Gasteiger partial charge in [-0.2, -0.15) is 0 Å². The van der Waals surface area contributed by atoms with Crippen molar-refractivity contribution in [2.24, 2.45) is 5.73 Å². The minimum atomic E-state index is -4.75. The molecular formula is C15H13ClF3NO. The SMILES string of the molecule is NC(Cc1ccccc1Cl)c1ccccc1OC(F)(F)F. The molecule has 21 heavy (non-hydrogen) atoms. The molecule has 1 unspecified atom stereocenters. The summed E-state index contributed by atoms with van der Waals surface area (Å²) in [5.41, 5.74) is 7.07. The van der Waals surface area contributed by atoms with Gasteiger partial charge < -0.3 is 10.5 Å². The summed E-state index contributed by atoms with van der Waals surface area (Å²) < 4.78 is 41.2. The van der Waals surface area contributed by atoms with E-state index in [-0.39, 0.29) is 11.3 Å². The molecule has 112 valence electrons. The van der Waals surface area contributed by atoms with Gasteiger partial charge in [0.05, 0.1) is 0 Å². The molecule has 0 saturated heterocycles. The van der Waals surface area contributed by atoms with Gasteiger partial charge in [0, 0.05) is 16.6 Å². The lowest BCUT2D eigenvalue weighted by Crippen LogP contribution is -2.21. The first-order chi connectivity index (χ1) is 9.87. The Labute approximate surface area is 125 Å². The van der Waals surface area contributed by atoms with E-state index in [1.807, 2.05) is 0 Å². The largest absolute Gasteiger partial charge is 0.573 e. The molecule has 0 aromatic heterocycles. The molecule has 0 aliphatic rings. The lowest BCUT2D eigenvalue weighted by molar-refractivity contribution is -0.275. The van der Waals surface area contributed by atoms with Crippen LogP contribution in [-0.2, 0) is 6.42 Å². The Balaban J connectivity index is 2.23. The van der Waals surface area contributed by atoms with Gasteiger partial charge in [-0.15, -0.1) is 13.2 Å². The predicted molar refractivity (Wildman–Crippen MR) is 75.2 cm³/mol. The quantitative estimate of drug-likeness (QED) is 0.902. The zero-order valence-corrected chi connectivity index (χ0v) is 11.7. The van der Waals surface area contributed by atoms with Gasteiger partial charge in [0.25, 0.3) is 0 Å². The van der Waals surface area contributed by atoms with Gasteiger partial charge in [0.1, 0.15) is 5.75 Å². The number of benzene rings is 2. The first-order valence-electron chi connectivity index (χ1n) is 6.20. The monoisotopic (exact) mass is 315 g/mol. The highest BCUT2D eigenvalue weighted by Crippen LogP contribution is 2.31. The predicted octanol–water partition coefficient (Wildman–Crippen LogP) is 4.48. The average molecular weight is 316 g/mol. The van der Waals surface area contributed by atoms with E-state index in [2.05, 4.69) is 4.74 Å². The normalized spacial score (nSPS) is 13.0. The smallest absolute Gasteiger partial charge is 0.405 e. The minimum absolute atomic E-state index is 0.287. The molecule has 6 heteroatoms. The molecular weight excluding hydrogens is 303 g/mol. The lowest BCUT2D eigenvalue weighted by atomic mass is 9.99. The fourth-order valence-corrected chi connectivity index (χ4v) is 2.23. The molecule has 2 aromatic rings. The molecule has 0 saturated carbocycles. The van der Waals surface area contributed by atoms with Gasteiger partial charge in [-0.3, -0.25) is 0 Å². The molecule has 0 bridgehead atoms. The number of alkyl halides is 3. The fourth-order valence-electron chi connectivity index (χ4n) is 2.02. The van der Waals surface area contributed by atoms with E-state index >= 15 is 0 Å². The van der Waals surface area contributed by atoms with Crippen LogP contribution in [0.5, 0.6) is 5.75 Å². The third kappa shape index (κ3) is 4.37. The molecule has 2 aromatic carbocycles. The van der Waals surface area contributed by atoms with Crippen LogP contribution in [0, 0.1) is 0 Å². The third-order valence-electron chi connectivity index (χ3n) is 2.94. The summed E-state index contributed by atoms with van der Waals surface area (Å²) in [4.78, 5) is 0. The van der Waals surface area contributed by atoms with Gasteiger partial charge in [-0.05, 0) is 24.1 Å². The van der Waals surface area contributed by atoms with E-state index in [1.54, 1.807) is 30.3 Å². The van der Waals surface area contributed by atoms with Gasteiger partial charge in [0.15, 0.2) is 0 Å². The van der Waals surface area contributed by atoms with E-state index in [1.165, 1.54) is 18.2 Å². The Kier molecular flexibility index (Phi) is 4.75. The molecule has 0 spiro atoms. The van der Waals surface area contributed by atoms with E-state index in [0.717, 1.165) is 5.56 Å². The number of para-hydroxylation sites is 1. The summed E-state index contributed by atoms with van der Waals surface area (Å²) in [6.07, 6.45) is -4.43. The Bertz CT molecular complexity index is 616. The van der Waals surface area contributed by atoms with Crippen molar-refractivity contribution in [2.75, 3.05) is 0 Å². The Morgan fingerprint density at radius 3 is 2.33 bits per heavy atom. The number of ether oxygens (including phenoxy) is 1. The second kappa shape index (κ2) is 6.37. The molecule has 0 radical (unpaired) electrons. The zero-order chi connectivity index (χ0) is 15.5. The van der Waals surface area contributed by atoms with Gasteiger partial charge >= 0.3 is 6.36 Å². The van der Waals surface area contributed by atoms with Crippen LogP contribution in [0.2, 0.25) is 5.02 Å². The summed E-state index contributed by atoms with van der Waals surface area (Å²) >= 11 is 6.04. The van der Waals surface area contributed by atoms with Crippen molar-refractivity contribution in [1.29, 1.82) is 0 Å². The summed E-state index contributed by atoms with van der Waals surface area (Å²) in [6, 6.07) is 12.3. The van der Waals surface area contributed by atoms with E-state index in [9.17, 15) is 13.2 Å². The summed E-state index contributed by atoms with van der Waals surface area (Å²) in [7, 11) is 0. The van der Waals surface area contributed by atoms with Crippen molar-refractivity contribution in [3.8, 4) is 5.75 Å². The summed E-state index contributed by atoms with van der Waals surface area (Å²) in [6.45, 7) is 0. The second-order valence-electron chi connectivity index (χ2n) is 4.49. The van der Waals surface area contributed by atoms with Gasteiger partial charge in [-0.1, -0.05) is 48.0 Å². The first-order valence-corrected chi connectivity index (χ1v) is 6.58. The Hall–Kier alpha value is -1.72. The van der Waals surface area contributed by atoms with Crippen LogP contribution >= 0.6 is 11.6 Å². The van der Waals surface area contributed by atoms with Crippen molar-refractivity contribution < 1.29 is 17.9 Å². The van der Waals surface area contributed by atoms with Crippen LogP contribution in [0.25, 0.3) is 0 Å². The first kappa shape index (κ1) is 15.7. The molecule has 2 rings (SSSR count). The van der Waals surface area contributed by atoms with Crippen molar-refractivity contribution in [1.82, 2.24) is 0 Å². The lowest BCUT2D eigenvalue weighted by Gasteiger charge is -2.18. The molecule has 0 amide bonds. The average Bonchev–Trinajstić information content (AvgIpc) is 2.40. The van der Waals surface area contributed by atoms with Crippen LogP contribution in [0.15, 0.2) is 48.5 Å². The number of halogens is 4. The number of nitrogens with two attached hydrogens (primary N) is 1. The topological polar surface area (TPSA) is 35.2 Å². The highest BCUT2D eigenvalue weighted by molar-refractivity contribution is 6.31. The molecule has 0 aliphatic carbocycles. The van der Waals surface area contributed by atoms with Gasteiger partial charge in [0.2, 0.25) is 0 Å². The van der Waals surface area contributed by atoms with Crippen molar-refractivity contribution >= 4 is 11.6 Å². The maximum atomic E-state index is 12.4.